The molecule has 2 aromatic carbocycles. The number of carbonyl (C=O) groups is 1. The highest BCUT2D eigenvalue weighted by molar-refractivity contribution is 6.02. The first kappa shape index (κ1) is 20.1. The van der Waals surface area contributed by atoms with E-state index in [1.807, 2.05) is 0 Å². The standard InChI is InChI=1S/C21H20FNO6/c1-25-18-10-14(11-19(26-2)20(18)27-3)23-21(24)17-9-8-16(29-17)12-28-15-6-4-13(22)5-7-15/h4-11H,12H2,1-3H3,(H,23,24). The number of anilines is 1. The molecule has 7 nitrogen and oxygen atoms in total. The number of rotatable bonds is 8. The highest BCUT2D eigenvalue weighted by atomic mass is 19.1. The van der Waals surface area contributed by atoms with Gasteiger partial charge in [0.15, 0.2) is 17.3 Å². The summed E-state index contributed by atoms with van der Waals surface area (Å²) in [5.41, 5.74) is 0.449. The zero-order chi connectivity index (χ0) is 20.8. The van der Waals surface area contributed by atoms with Crippen LogP contribution in [0.15, 0.2) is 52.9 Å². The van der Waals surface area contributed by atoms with E-state index < -0.39 is 5.91 Å². The van der Waals surface area contributed by atoms with Gasteiger partial charge in [0.1, 0.15) is 23.9 Å². The molecule has 3 rings (SSSR count). The zero-order valence-electron chi connectivity index (χ0n) is 16.2. The van der Waals surface area contributed by atoms with E-state index in [0.717, 1.165) is 0 Å². The maximum atomic E-state index is 12.9. The van der Waals surface area contributed by atoms with Crippen molar-refractivity contribution < 1.29 is 32.5 Å². The number of amides is 1. The van der Waals surface area contributed by atoms with Crippen LogP contribution in [-0.4, -0.2) is 27.2 Å². The maximum Gasteiger partial charge on any atom is 0.291 e. The van der Waals surface area contributed by atoms with Gasteiger partial charge in [0, 0.05) is 17.8 Å². The van der Waals surface area contributed by atoms with E-state index in [1.165, 1.54) is 51.7 Å². The smallest absolute Gasteiger partial charge is 0.291 e. The number of hydrogen-bond acceptors (Lipinski definition) is 6. The van der Waals surface area contributed by atoms with Gasteiger partial charge >= 0.3 is 0 Å². The topological polar surface area (TPSA) is 79.2 Å². The summed E-state index contributed by atoms with van der Waals surface area (Å²) in [6, 6.07) is 12.0. The van der Waals surface area contributed by atoms with Gasteiger partial charge in [-0.25, -0.2) is 4.39 Å². The van der Waals surface area contributed by atoms with E-state index >= 15 is 0 Å². The van der Waals surface area contributed by atoms with Crippen molar-refractivity contribution >= 4 is 11.6 Å². The third-order valence-electron chi connectivity index (χ3n) is 4.00. The van der Waals surface area contributed by atoms with E-state index in [-0.39, 0.29) is 18.2 Å². The number of hydrogen-bond donors (Lipinski definition) is 1. The van der Waals surface area contributed by atoms with Crippen LogP contribution in [0.25, 0.3) is 0 Å². The molecule has 1 amide bonds. The molecule has 0 aliphatic heterocycles. The molecule has 1 aromatic heterocycles. The molecule has 0 fully saturated rings. The highest BCUT2D eigenvalue weighted by Gasteiger charge is 2.17. The normalized spacial score (nSPS) is 10.3. The second-order valence-corrected chi connectivity index (χ2v) is 5.88. The molecule has 0 aliphatic carbocycles. The van der Waals surface area contributed by atoms with Crippen molar-refractivity contribution in [2.75, 3.05) is 26.6 Å². The van der Waals surface area contributed by atoms with Crippen LogP contribution >= 0.6 is 0 Å². The number of halogens is 1. The minimum atomic E-state index is -0.452. The Morgan fingerprint density at radius 2 is 1.62 bits per heavy atom. The Bertz CT molecular complexity index is 958. The quantitative estimate of drug-likeness (QED) is 0.607. The van der Waals surface area contributed by atoms with Gasteiger partial charge in [-0.2, -0.15) is 0 Å². The lowest BCUT2D eigenvalue weighted by molar-refractivity contribution is 0.0992. The summed E-state index contributed by atoms with van der Waals surface area (Å²) in [6.07, 6.45) is 0. The number of methoxy groups -OCH3 is 3. The molecule has 0 aliphatic rings. The van der Waals surface area contributed by atoms with E-state index in [4.69, 9.17) is 23.4 Å². The Labute approximate surface area is 166 Å². The van der Waals surface area contributed by atoms with Crippen LogP contribution in [0.3, 0.4) is 0 Å². The molecule has 0 radical (unpaired) electrons. The van der Waals surface area contributed by atoms with Crippen molar-refractivity contribution in [1.82, 2.24) is 0 Å². The van der Waals surface area contributed by atoms with Gasteiger partial charge in [0.05, 0.1) is 21.3 Å². The molecular weight excluding hydrogens is 381 g/mol. The van der Waals surface area contributed by atoms with Crippen molar-refractivity contribution in [2.24, 2.45) is 0 Å². The third-order valence-corrected chi connectivity index (χ3v) is 4.00. The maximum absolute atomic E-state index is 12.9. The number of furan rings is 1. The van der Waals surface area contributed by atoms with Crippen LogP contribution < -0.4 is 24.3 Å². The number of carbonyl (C=O) groups excluding carboxylic acids is 1. The molecule has 8 heteroatoms. The SMILES string of the molecule is COc1cc(NC(=O)c2ccc(COc3ccc(F)cc3)o2)cc(OC)c1OC. The first-order valence-electron chi connectivity index (χ1n) is 8.62. The third kappa shape index (κ3) is 4.78. The molecule has 0 spiro atoms. The average molecular weight is 401 g/mol. The van der Waals surface area contributed by atoms with E-state index in [0.29, 0.717) is 34.4 Å². The van der Waals surface area contributed by atoms with Crippen molar-refractivity contribution in [1.29, 1.82) is 0 Å². The molecule has 1 N–H and O–H groups in total. The van der Waals surface area contributed by atoms with Crippen LogP contribution in [0, 0.1) is 5.82 Å². The van der Waals surface area contributed by atoms with Crippen molar-refractivity contribution in [3.63, 3.8) is 0 Å². The number of benzene rings is 2. The van der Waals surface area contributed by atoms with Crippen molar-refractivity contribution in [3.8, 4) is 23.0 Å². The summed E-state index contributed by atoms with van der Waals surface area (Å²) in [5, 5.41) is 2.72. The molecule has 0 atom stereocenters. The van der Waals surface area contributed by atoms with E-state index in [1.54, 1.807) is 18.2 Å². The lowest BCUT2D eigenvalue weighted by Gasteiger charge is -2.14. The molecule has 0 unspecified atom stereocenters. The second kappa shape index (κ2) is 9.01. The average Bonchev–Trinajstić information content (AvgIpc) is 3.21. The highest BCUT2D eigenvalue weighted by Crippen LogP contribution is 2.40. The summed E-state index contributed by atoms with van der Waals surface area (Å²) in [4.78, 5) is 12.5. The van der Waals surface area contributed by atoms with Crippen LogP contribution in [-0.2, 0) is 6.61 Å². The molecule has 0 bridgehead atoms. The van der Waals surface area contributed by atoms with Crippen LogP contribution in [0.2, 0.25) is 0 Å². The molecule has 152 valence electrons. The monoisotopic (exact) mass is 401 g/mol. The van der Waals surface area contributed by atoms with Crippen LogP contribution in [0.1, 0.15) is 16.3 Å². The van der Waals surface area contributed by atoms with Gasteiger partial charge < -0.3 is 28.7 Å². The summed E-state index contributed by atoms with van der Waals surface area (Å²) in [7, 11) is 4.47. The summed E-state index contributed by atoms with van der Waals surface area (Å²) in [6.45, 7) is 0.100. The molecule has 1 heterocycles. The van der Waals surface area contributed by atoms with Crippen LogP contribution in [0.4, 0.5) is 10.1 Å². The van der Waals surface area contributed by atoms with Crippen molar-refractivity contribution in [2.45, 2.75) is 6.61 Å². The fourth-order valence-electron chi connectivity index (χ4n) is 2.61. The summed E-state index contributed by atoms with van der Waals surface area (Å²) < 4.78 is 39.8. The first-order chi connectivity index (χ1) is 14.0. The first-order valence-corrected chi connectivity index (χ1v) is 8.62. The Kier molecular flexibility index (Phi) is 6.23. The Balaban J connectivity index is 1.68. The predicted octanol–water partition coefficient (Wildman–Crippen LogP) is 4.28. The van der Waals surface area contributed by atoms with Crippen molar-refractivity contribution in [3.05, 3.63) is 65.9 Å². The number of nitrogens with one attached hydrogen (secondary N) is 1. The lowest BCUT2D eigenvalue weighted by Crippen LogP contribution is -2.11. The van der Waals surface area contributed by atoms with Gasteiger partial charge in [0.25, 0.3) is 5.91 Å². The largest absolute Gasteiger partial charge is 0.493 e. The summed E-state index contributed by atoms with van der Waals surface area (Å²) >= 11 is 0. The van der Waals surface area contributed by atoms with Crippen LogP contribution in [0.5, 0.6) is 23.0 Å². The van der Waals surface area contributed by atoms with Gasteiger partial charge in [-0.3, -0.25) is 4.79 Å². The zero-order valence-corrected chi connectivity index (χ0v) is 16.2. The fourth-order valence-corrected chi connectivity index (χ4v) is 2.61. The van der Waals surface area contributed by atoms with E-state index in [9.17, 15) is 9.18 Å². The fraction of sp³-hybridized carbons (Fsp3) is 0.190. The minimum absolute atomic E-state index is 0.100. The molecule has 3 aromatic rings. The second-order valence-electron chi connectivity index (χ2n) is 5.88. The van der Waals surface area contributed by atoms with E-state index in [2.05, 4.69) is 5.32 Å². The lowest BCUT2D eigenvalue weighted by atomic mass is 10.2. The van der Waals surface area contributed by atoms with Gasteiger partial charge in [-0.15, -0.1) is 0 Å². The van der Waals surface area contributed by atoms with Gasteiger partial charge in [-0.05, 0) is 36.4 Å². The predicted molar refractivity (Wildman–Crippen MR) is 103 cm³/mol. The van der Waals surface area contributed by atoms with Gasteiger partial charge in [-0.1, -0.05) is 0 Å². The summed E-state index contributed by atoms with van der Waals surface area (Å²) in [5.74, 6) is 1.50. The molecule has 0 saturated carbocycles. The molecule has 0 saturated heterocycles. The van der Waals surface area contributed by atoms with Gasteiger partial charge in [0.2, 0.25) is 5.75 Å². The Morgan fingerprint density at radius 3 is 2.21 bits per heavy atom. The number of ether oxygens (including phenoxy) is 4. The Hall–Kier alpha value is -3.68. The Morgan fingerprint density at radius 1 is 0.966 bits per heavy atom. The minimum Gasteiger partial charge on any atom is -0.493 e. The molecule has 29 heavy (non-hydrogen) atoms. The molecular formula is C21H20FNO6.